The number of nitrogens with one attached hydrogen (secondary N) is 1. The first-order chi connectivity index (χ1) is 8.56. The fourth-order valence-corrected chi connectivity index (χ4v) is 1.97. The van der Waals surface area contributed by atoms with Gasteiger partial charge in [0.1, 0.15) is 0 Å². The Kier molecular flexibility index (Phi) is 3.53. The summed E-state index contributed by atoms with van der Waals surface area (Å²) in [6, 6.07) is 12.5. The first-order valence-electron chi connectivity index (χ1n) is 5.28. The SMILES string of the molecule is NC(=O)c1ccc(Nc2ccc(N)cc2)c(Br)c1. The third-order valence-corrected chi connectivity index (χ3v) is 3.10. The van der Waals surface area contributed by atoms with E-state index < -0.39 is 5.91 Å². The molecule has 0 fully saturated rings. The number of hydrogen-bond donors (Lipinski definition) is 3. The fourth-order valence-electron chi connectivity index (χ4n) is 1.49. The molecule has 4 nitrogen and oxygen atoms in total. The maximum Gasteiger partial charge on any atom is 0.248 e. The Balaban J connectivity index is 2.24. The molecule has 0 atom stereocenters. The Morgan fingerprint density at radius 3 is 2.33 bits per heavy atom. The van der Waals surface area contributed by atoms with E-state index in [-0.39, 0.29) is 0 Å². The first-order valence-corrected chi connectivity index (χ1v) is 6.07. The van der Waals surface area contributed by atoms with Crippen LogP contribution in [0.1, 0.15) is 10.4 Å². The van der Waals surface area contributed by atoms with Gasteiger partial charge in [-0.1, -0.05) is 0 Å². The molecule has 0 spiro atoms. The number of carbonyl (C=O) groups excluding carboxylic acids is 1. The van der Waals surface area contributed by atoms with Gasteiger partial charge in [0.25, 0.3) is 0 Å². The molecule has 0 radical (unpaired) electrons. The second-order valence-corrected chi connectivity index (χ2v) is 4.66. The van der Waals surface area contributed by atoms with Crippen LogP contribution in [0.4, 0.5) is 17.1 Å². The molecule has 0 heterocycles. The minimum Gasteiger partial charge on any atom is -0.399 e. The first kappa shape index (κ1) is 12.4. The molecule has 5 N–H and O–H groups in total. The molecule has 0 saturated carbocycles. The van der Waals surface area contributed by atoms with E-state index in [0.29, 0.717) is 11.3 Å². The zero-order valence-electron chi connectivity index (χ0n) is 9.48. The van der Waals surface area contributed by atoms with Crippen molar-refractivity contribution in [1.29, 1.82) is 0 Å². The van der Waals surface area contributed by atoms with Crippen molar-refractivity contribution in [2.75, 3.05) is 11.1 Å². The smallest absolute Gasteiger partial charge is 0.248 e. The number of amides is 1. The molecule has 0 aliphatic carbocycles. The fraction of sp³-hybridized carbons (Fsp3) is 0. The molecule has 0 aliphatic rings. The summed E-state index contributed by atoms with van der Waals surface area (Å²) >= 11 is 3.39. The highest BCUT2D eigenvalue weighted by molar-refractivity contribution is 9.10. The van der Waals surface area contributed by atoms with E-state index in [1.165, 1.54) is 0 Å². The summed E-state index contributed by atoms with van der Waals surface area (Å²) in [5.41, 5.74) is 13.8. The normalized spacial score (nSPS) is 10.1. The summed E-state index contributed by atoms with van der Waals surface area (Å²) in [7, 11) is 0. The third-order valence-electron chi connectivity index (χ3n) is 2.44. The molecule has 1 amide bonds. The molecule has 0 aliphatic heterocycles. The summed E-state index contributed by atoms with van der Waals surface area (Å²) in [4.78, 5) is 11.0. The van der Waals surface area contributed by atoms with Gasteiger partial charge in [-0.25, -0.2) is 0 Å². The molecule has 0 saturated heterocycles. The van der Waals surface area contributed by atoms with E-state index in [9.17, 15) is 4.79 Å². The molecule has 2 aromatic carbocycles. The van der Waals surface area contributed by atoms with Crippen molar-refractivity contribution in [2.24, 2.45) is 5.73 Å². The van der Waals surface area contributed by atoms with Crippen LogP contribution in [-0.4, -0.2) is 5.91 Å². The lowest BCUT2D eigenvalue weighted by Crippen LogP contribution is -2.10. The highest BCUT2D eigenvalue weighted by Crippen LogP contribution is 2.27. The van der Waals surface area contributed by atoms with Crippen molar-refractivity contribution in [1.82, 2.24) is 0 Å². The standard InChI is InChI=1S/C13H12BrN3O/c14-11-7-8(13(16)18)1-6-12(11)17-10-4-2-9(15)3-5-10/h1-7,17H,15H2,(H2,16,18). The third kappa shape index (κ3) is 2.81. The summed E-state index contributed by atoms with van der Waals surface area (Å²) < 4.78 is 0.774. The Hall–Kier alpha value is -2.01. The van der Waals surface area contributed by atoms with E-state index in [1.807, 2.05) is 24.3 Å². The Bertz CT molecular complexity index is 581. The van der Waals surface area contributed by atoms with Crippen LogP contribution >= 0.6 is 15.9 Å². The quantitative estimate of drug-likeness (QED) is 0.763. The van der Waals surface area contributed by atoms with Gasteiger partial charge in [-0.15, -0.1) is 0 Å². The molecular weight excluding hydrogens is 294 g/mol. The molecular formula is C13H12BrN3O. The van der Waals surface area contributed by atoms with Crippen LogP contribution in [0.3, 0.4) is 0 Å². The molecule has 0 unspecified atom stereocenters. The average molecular weight is 306 g/mol. The number of primary amides is 1. The number of nitrogens with two attached hydrogens (primary N) is 2. The van der Waals surface area contributed by atoms with E-state index in [0.717, 1.165) is 15.8 Å². The van der Waals surface area contributed by atoms with Crippen LogP contribution in [-0.2, 0) is 0 Å². The number of rotatable bonds is 3. The minimum atomic E-state index is -0.449. The van der Waals surface area contributed by atoms with Gasteiger partial charge in [0.2, 0.25) is 5.91 Å². The van der Waals surface area contributed by atoms with Crippen LogP contribution in [0, 0.1) is 0 Å². The van der Waals surface area contributed by atoms with Gasteiger partial charge >= 0.3 is 0 Å². The molecule has 5 heteroatoms. The maximum absolute atomic E-state index is 11.0. The number of carbonyl (C=O) groups is 1. The molecule has 18 heavy (non-hydrogen) atoms. The molecule has 2 rings (SSSR count). The Labute approximate surface area is 113 Å². The predicted molar refractivity (Wildman–Crippen MR) is 76.8 cm³/mol. The second-order valence-electron chi connectivity index (χ2n) is 3.81. The monoisotopic (exact) mass is 305 g/mol. The number of nitrogen functional groups attached to an aromatic ring is 1. The van der Waals surface area contributed by atoms with Gasteiger partial charge in [0, 0.05) is 21.4 Å². The number of halogens is 1. The largest absolute Gasteiger partial charge is 0.399 e. The van der Waals surface area contributed by atoms with Crippen LogP contribution in [0.5, 0.6) is 0 Å². The van der Waals surface area contributed by atoms with Crippen molar-refractivity contribution in [3.63, 3.8) is 0 Å². The van der Waals surface area contributed by atoms with E-state index in [1.54, 1.807) is 18.2 Å². The van der Waals surface area contributed by atoms with Crippen LogP contribution in [0.25, 0.3) is 0 Å². The van der Waals surface area contributed by atoms with E-state index >= 15 is 0 Å². The predicted octanol–water partition coefficient (Wildman–Crippen LogP) is 2.87. The summed E-state index contributed by atoms with van der Waals surface area (Å²) in [6.45, 7) is 0. The van der Waals surface area contributed by atoms with Crippen LogP contribution in [0.15, 0.2) is 46.9 Å². The Morgan fingerprint density at radius 2 is 1.78 bits per heavy atom. The van der Waals surface area contributed by atoms with Gasteiger partial charge in [0.05, 0.1) is 5.69 Å². The number of anilines is 3. The Morgan fingerprint density at radius 1 is 1.11 bits per heavy atom. The maximum atomic E-state index is 11.0. The van der Waals surface area contributed by atoms with Crippen molar-refractivity contribution in [2.45, 2.75) is 0 Å². The lowest BCUT2D eigenvalue weighted by Gasteiger charge is -2.09. The molecule has 0 bridgehead atoms. The molecule has 0 aromatic heterocycles. The van der Waals surface area contributed by atoms with Crippen molar-refractivity contribution in [3.8, 4) is 0 Å². The van der Waals surface area contributed by atoms with Crippen molar-refractivity contribution in [3.05, 3.63) is 52.5 Å². The molecule has 2 aromatic rings. The second kappa shape index (κ2) is 5.10. The minimum absolute atomic E-state index is 0.449. The zero-order valence-corrected chi connectivity index (χ0v) is 11.1. The van der Waals surface area contributed by atoms with Gasteiger partial charge in [-0.2, -0.15) is 0 Å². The number of hydrogen-bond acceptors (Lipinski definition) is 3. The van der Waals surface area contributed by atoms with E-state index in [2.05, 4.69) is 21.2 Å². The lowest BCUT2D eigenvalue weighted by atomic mass is 10.2. The van der Waals surface area contributed by atoms with Gasteiger partial charge < -0.3 is 16.8 Å². The van der Waals surface area contributed by atoms with Crippen molar-refractivity contribution >= 4 is 38.9 Å². The highest BCUT2D eigenvalue weighted by atomic mass is 79.9. The van der Waals surface area contributed by atoms with E-state index in [4.69, 9.17) is 11.5 Å². The summed E-state index contributed by atoms with van der Waals surface area (Å²) in [5, 5.41) is 3.21. The lowest BCUT2D eigenvalue weighted by molar-refractivity contribution is 0.100. The molecule has 92 valence electrons. The van der Waals surface area contributed by atoms with Crippen LogP contribution < -0.4 is 16.8 Å². The van der Waals surface area contributed by atoms with Crippen molar-refractivity contribution < 1.29 is 4.79 Å². The van der Waals surface area contributed by atoms with Crippen LogP contribution in [0.2, 0.25) is 0 Å². The summed E-state index contributed by atoms with van der Waals surface area (Å²) in [5.74, 6) is -0.449. The number of benzene rings is 2. The topological polar surface area (TPSA) is 81.1 Å². The van der Waals surface area contributed by atoms with Gasteiger partial charge in [0.15, 0.2) is 0 Å². The van der Waals surface area contributed by atoms with Gasteiger partial charge in [-0.05, 0) is 58.4 Å². The zero-order chi connectivity index (χ0) is 13.1. The van der Waals surface area contributed by atoms with Gasteiger partial charge in [-0.3, -0.25) is 4.79 Å². The highest BCUT2D eigenvalue weighted by Gasteiger charge is 2.05. The summed E-state index contributed by atoms with van der Waals surface area (Å²) in [6.07, 6.45) is 0. The average Bonchev–Trinajstić information content (AvgIpc) is 2.34.